The highest BCUT2D eigenvalue weighted by atomic mass is 16.5. The minimum Gasteiger partial charge on any atom is -0.481 e. The van der Waals surface area contributed by atoms with Gasteiger partial charge in [-0.2, -0.15) is 4.98 Å². The normalized spacial score (nSPS) is 10.1. The molecule has 0 radical (unpaired) electrons. The van der Waals surface area contributed by atoms with E-state index in [2.05, 4.69) is 15.5 Å². The summed E-state index contributed by atoms with van der Waals surface area (Å²) in [5.74, 6) is 0.0758. The monoisotopic (exact) mass is 256 g/mol. The summed E-state index contributed by atoms with van der Waals surface area (Å²) in [6.45, 7) is 2.24. The zero-order valence-corrected chi connectivity index (χ0v) is 10.3. The molecule has 0 fully saturated rings. The van der Waals surface area contributed by atoms with Gasteiger partial charge in [0.15, 0.2) is 5.82 Å². The largest absolute Gasteiger partial charge is 0.481 e. The lowest BCUT2D eigenvalue weighted by Gasteiger charge is -2.16. The highest BCUT2D eigenvalue weighted by Crippen LogP contribution is 1.96. The summed E-state index contributed by atoms with van der Waals surface area (Å²) in [7, 11) is 1.54. The van der Waals surface area contributed by atoms with E-state index in [9.17, 15) is 9.59 Å². The zero-order chi connectivity index (χ0) is 13.5. The highest BCUT2D eigenvalue weighted by molar-refractivity contribution is 5.74. The van der Waals surface area contributed by atoms with Crippen LogP contribution in [0.25, 0.3) is 0 Å². The number of hydrogen-bond donors (Lipinski definition) is 2. The number of carbonyl (C=O) groups is 2. The van der Waals surface area contributed by atoms with Crippen molar-refractivity contribution in [1.29, 1.82) is 0 Å². The Kier molecular flexibility index (Phi) is 5.09. The molecule has 18 heavy (non-hydrogen) atoms. The topological polar surface area (TPSA) is 109 Å². The fourth-order valence-corrected chi connectivity index (χ4v) is 1.22. The molecule has 100 valence electrons. The van der Waals surface area contributed by atoms with Crippen LogP contribution in [0.5, 0.6) is 0 Å². The van der Waals surface area contributed by atoms with Crippen molar-refractivity contribution in [3.8, 4) is 0 Å². The van der Waals surface area contributed by atoms with Gasteiger partial charge in [-0.1, -0.05) is 5.16 Å². The van der Waals surface area contributed by atoms with Crippen molar-refractivity contribution < 1.29 is 19.2 Å². The van der Waals surface area contributed by atoms with Gasteiger partial charge in [-0.25, -0.2) is 4.79 Å². The number of carboxylic acids is 1. The number of aryl methyl sites for hydroxylation is 1. The first kappa shape index (κ1) is 13.9. The van der Waals surface area contributed by atoms with Crippen molar-refractivity contribution >= 4 is 12.0 Å². The summed E-state index contributed by atoms with van der Waals surface area (Å²) in [6, 6.07) is -0.326. The molecule has 8 nitrogen and oxygen atoms in total. The molecule has 0 aliphatic heterocycles. The maximum Gasteiger partial charge on any atom is 0.317 e. The number of aromatic nitrogens is 2. The molecule has 0 aliphatic carbocycles. The third-order valence-electron chi connectivity index (χ3n) is 2.19. The van der Waals surface area contributed by atoms with E-state index in [4.69, 9.17) is 9.63 Å². The zero-order valence-electron chi connectivity index (χ0n) is 10.3. The minimum atomic E-state index is -0.934. The molecule has 1 aromatic heterocycles. The fourth-order valence-electron chi connectivity index (χ4n) is 1.22. The third kappa shape index (κ3) is 4.81. The van der Waals surface area contributed by atoms with Crippen LogP contribution in [0.15, 0.2) is 4.52 Å². The second-order valence-electron chi connectivity index (χ2n) is 3.78. The first-order chi connectivity index (χ1) is 8.49. The predicted molar refractivity (Wildman–Crippen MR) is 61.0 cm³/mol. The van der Waals surface area contributed by atoms with Gasteiger partial charge in [0.2, 0.25) is 5.89 Å². The lowest BCUT2D eigenvalue weighted by molar-refractivity contribution is -0.137. The van der Waals surface area contributed by atoms with Gasteiger partial charge in [-0.05, 0) is 6.92 Å². The third-order valence-corrected chi connectivity index (χ3v) is 2.19. The molecular weight excluding hydrogens is 240 g/mol. The summed E-state index contributed by atoms with van der Waals surface area (Å²) >= 11 is 0. The molecule has 0 aromatic carbocycles. The summed E-state index contributed by atoms with van der Waals surface area (Å²) < 4.78 is 4.88. The first-order valence-electron chi connectivity index (χ1n) is 5.49. The summed E-state index contributed by atoms with van der Waals surface area (Å²) in [5.41, 5.74) is 0. The van der Waals surface area contributed by atoms with Crippen molar-refractivity contribution in [1.82, 2.24) is 20.4 Å². The van der Waals surface area contributed by atoms with Crippen LogP contribution >= 0.6 is 0 Å². The predicted octanol–water partition coefficient (Wildman–Crippen LogP) is 0.0366. The fraction of sp³-hybridized carbons (Fsp3) is 0.600. The van der Waals surface area contributed by atoms with Crippen molar-refractivity contribution in [2.45, 2.75) is 19.8 Å². The van der Waals surface area contributed by atoms with E-state index in [0.717, 1.165) is 0 Å². The van der Waals surface area contributed by atoms with Gasteiger partial charge >= 0.3 is 12.0 Å². The van der Waals surface area contributed by atoms with Crippen molar-refractivity contribution in [3.05, 3.63) is 11.7 Å². The quantitative estimate of drug-likeness (QED) is 0.743. The van der Waals surface area contributed by atoms with Gasteiger partial charge in [0, 0.05) is 26.6 Å². The van der Waals surface area contributed by atoms with Gasteiger partial charge in [-0.3, -0.25) is 4.79 Å². The van der Waals surface area contributed by atoms with Gasteiger partial charge in [0.25, 0.3) is 0 Å². The number of hydrogen-bond acceptors (Lipinski definition) is 5. The van der Waals surface area contributed by atoms with Crippen LogP contribution in [0.4, 0.5) is 4.79 Å². The van der Waals surface area contributed by atoms with E-state index in [0.29, 0.717) is 24.7 Å². The molecular formula is C10H16N4O4. The number of carboxylic acid groups (broad SMARTS) is 1. The number of aliphatic carboxylic acids is 1. The summed E-state index contributed by atoms with van der Waals surface area (Å²) in [5, 5.41) is 14.7. The van der Waals surface area contributed by atoms with E-state index in [1.54, 1.807) is 6.92 Å². The van der Waals surface area contributed by atoms with Crippen molar-refractivity contribution in [3.63, 3.8) is 0 Å². The average Bonchev–Trinajstić information content (AvgIpc) is 2.71. The number of amides is 2. The van der Waals surface area contributed by atoms with E-state index >= 15 is 0 Å². The maximum absolute atomic E-state index is 11.5. The molecule has 1 aromatic rings. The molecule has 0 aliphatic rings. The standard InChI is InChI=1S/C10H16N4O4/c1-7-12-8(18-13-7)3-5-11-10(17)14(2)6-4-9(15)16/h3-6H2,1-2H3,(H,11,17)(H,15,16). The van der Waals surface area contributed by atoms with Crippen LogP contribution in [0.2, 0.25) is 0 Å². The van der Waals surface area contributed by atoms with Crippen LogP contribution in [0, 0.1) is 6.92 Å². The average molecular weight is 256 g/mol. The molecule has 2 N–H and O–H groups in total. The van der Waals surface area contributed by atoms with Gasteiger partial charge in [-0.15, -0.1) is 0 Å². The maximum atomic E-state index is 11.5. The van der Waals surface area contributed by atoms with Crippen molar-refractivity contribution in [2.75, 3.05) is 20.1 Å². The smallest absolute Gasteiger partial charge is 0.317 e. The Morgan fingerprint density at radius 1 is 1.50 bits per heavy atom. The van der Waals surface area contributed by atoms with E-state index in [1.165, 1.54) is 11.9 Å². The molecule has 0 unspecified atom stereocenters. The number of rotatable bonds is 6. The molecule has 0 atom stereocenters. The second kappa shape index (κ2) is 6.58. The summed E-state index contributed by atoms with van der Waals surface area (Å²) in [6.07, 6.45) is 0.367. The first-order valence-corrected chi connectivity index (χ1v) is 5.49. The Morgan fingerprint density at radius 2 is 2.22 bits per heavy atom. The molecule has 0 saturated carbocycles. The van der Waals surface area contributed by atoms with Crippen LogP contribution in [0.1, 0.15) is 18.1 Å². The lowest BCUT2D eigenvalue weighted by atomic mass is 10.4. The molecule has 0 bridgehead atoms. The van der Waals surface area contributed by atoms with Crippen LogP contribution < -0.4 is 5.32 Å². The molecule has 0 saturated heterocycles. The molecule has 1 rings (SSSR count). The van der Waals surface area contributed by atoms with Crippen LogP contribution in [-0.2, 0) is 11.2 Å². The lowest BCUT2D eigenvalue weighted by Crippen LogP contribution is -2.39. The number of nitrogens with zero attached hydrogens (tertiary/aromatic N) is 3. The molecule has 8 heteroatoms. The van der Waals surface area contributed by atoms with Crippen LogP contribution in [-0.4, -0.2) is 52.3 Å². The minimum absolute atomic E-state index is 0.0766. The molecule has 0 spiro atoms. The Labute approximate surface area is 104 Å². The number of nitrogens with one attached hydrogen (secondary N) is 1. The van der Waals surface area contributed by atoms with Gasteiger partial charge in [0.1, 0.15) is 0 Å². The van der Waals surface area contributed by atoms with E-state index in [1.807, 2.05) is 0 Å². The second-order valence-corrected chi connectivity index (χ2v) is 3.78. The highest BCUT2D eigenvalue weighted by Gasteiger charge is 2.10. The summed E-state index contributed by atoms with van der Waals surface area (Å²) in [4.78, 5) is 27.2. The molecule has 1 heterocycles. The van der Waals surface area contributed by atoms with E-state index in [-0.39, 0.29) is 19.0 Å². The van der Waals surface area contributed by atoms with Gasteiger partial charge in [0.05, 0.1) is 6.42 Å². The number of urea groups is 1. The SMILES string of the molecule is Cc1noc(CCNC(=O)N(C)CCC(=O)O)n1. The van der Waals surface area contributed by atoms with E-state index < -0.39 is 5.97 Å². The Hall–Kier alpha value is -2.12. The molecule has 2 amide bonds. The Balaban J connectivity index is 2.22. The van der Waals surface area contributed by atoms with Crippen molar-refractivity contribution in [2.24, 2.45) is 0 Å². The Bertz CT molecular complexity index is 418. The van der Waals surface area contributed by atoms with Crippen LogP contribution in [0.3, 0.4) is 0 Å². The Morgan fingerprint density at radius 3 is 2.78 bits per heavy atom. The van der Waals surface area contributed by atoms with Gasteiger partial charge < -0.3 is 19.8 Å². The number of carbonyl (C=O) groups excluding carboxylic acids is 1.